The van der Waals surface area contributed by atoms with Crippen LogP contribution in [0.25, 0.3) is 0 Å². The fourth-order valence-electron chi connectivity index (χ4n) is 0.904. The van der Waals surface area contributed by atoms with Gasteiger partial charge < -0.3 is 4.79 Å². The van der Waals surface area contributed by atoms with Crippen LogP contribution in [0.2, 0.25) is 18.1 Å². The molecule has 0 N–H and O–H groups in total. The number of carbonyl (C=O) groups is 1. The van der Waals surface area contributed by atoms with Gasteiger partial charge in [0.25, 0.3) is 0 Å². The number of carbonyl (C=O) groups excluding carboxylic acids is 1. The summed E-state index contributed by atoms with van der Waals surface area (Å²) in [6.07, 6.45) is 3.83. The van der Waals surface area contributed by atoms with Crippen LogP contribution in [0.15, 0.2) is 12.2 Å². The van der Waals surface area contributed by atoms with E-state index < -0.39 is 8.07 Å². The molecule has 0 fully saturated rings. The maximum atomic E-state index is 12.1. The Bertz CT molecular complexity index is 261. The molecular formula is C13H26OSi. The van der Waals surface area contributed by atoms with Crippen molar-refractivity contribution < 1.29 is 4.79 Å². The monoisotopic (exact) mass is 226 g/mol. The van der Waals surface area contributed by atoms with Gasteiger partial charge in [-0.3, -0.25) is 0 Å². The summed E-state index contributed by atoms with van der Waals surface area (Å²) in [4.78, 5) is 12.1. The second-order valence-corrected chi connectivity index (χ2v) is 12.2. The summed E-state index contributed by atoms with van der Waals surface area (Å²) in [6.45, 7) is 17.2. The molecule has 0 atom stereocenters. The van der Waals surface area contributed by atoms with E-state index in [4.69, 9.17) is 0 Å². The highest BCUT2D eigenvalue weighted by atomic mass is 28.3. The molecule has 0 radical (unpaired) electrons. The van der Waals surface area contributed by atoms with Gasteiger partial charge in [-0.25, -0.2) is 0 Å². The van der Waals surface area contributed by atoms with Gasteiger partial charge in [-0.2, -0.15) is 0 Å². The van der Waals surface area contributed by atoms with Crippen LogP contribution in [0.3, 0.4) is 0 Å². The molecule has 0 saturated heterocycles. The molecule has 0 aliphatic heterocycles. The Balaban J connectivity index is 4.82. The van der Waals surface area contributed by atoms with Gasteiger partial charge in [0.05, 0.1) is 0 Å². The first-order valence-electron chi connectivity index (χ1n) is 5.61. The van der Waals surface area contributed by atoms with Crippen LogP contribution < -0.4 is 0 Å². The van der Waals surface area contributed by atoms with Gasteiger partial charge >= 0.3 is 0 Å². The molecule has 0 aromatic carbocycles. The fourth-order valence-corrected chi connectivity index (χ4v) is 2.14. The molecule has 0 aliphatic carbocycles. The Labute approximate surface area is 96.0 Å². The van der Waals surface area contributed by atoms with Crippen LogP contribution in [0.1, 0.15) is 41.5 Å². The lowest BCUT2D eigenvalue weighted by atomic mass is 9.97. The molecule has 88 valence electrons. The molecule has 0 spiro atoms. The Hall–Kier alpha value is -0.373. The molecular weight excluding hydrogens is 200 g/mol. The van der Waals surface area contributed by atoms with Gasteiger partial charge in [0.15, 0.2) is 0 Å². The number of rotatable bonds is 2. The first-order chi connectivity index (χ1) is 6.38. The van der Waals surface area contributed by atoms with Gasteiger partial charge in [-0.1, -0.05) is 60.7 Å². The molecule has 15 heavy (non-hydrogen) atoms. The standard InChI is InChI=1S/C13H26OSi/c1-12(2,3)10-9-11(14)15(7,8)13(4,5)6/h9-10H,1-8H3. The molecule has 0 rings (SSSR count). The minimum Gasteiger partial charge on any atom is -0.301 e. The van der Waals surface area contributed by atoms with Crippen molar-refractivity contribution in [1.82, 2.24) is 0 Å². The zero-order valence-corrected chi connectivity index (χ0v) is 12.6. The summed E-state index contributed by atoms with van der Waals surface area (Å²) in [5.41, 5.74) is 0.0953. The third-order valence-corrected chi connectivity index (χ3v) is 8.37. The second-order valence-electron chi connectivity index (χ2n) is 6.94. The lowest BCUT2D eigenvalue weighted by Gasteiger charge is -2.34. The van der Waals surface area contributed by atoms with Crippen LogP contribution in [0.5, 0.6) is 0 Å². The van der Waals surface area contributed by atoms with Crippen LogP contribution in [0, 0.1) is 5.41 Å². The smallest absolute Gasteiger partial charge is 0.137 e. The molecule has 0 aromatic rings. The average molecular weight is 226 g/mol. The van der Waals surface area contributed by atoms with Gasteiger partial charge in [-0.05, 0) is 16.5 Å². The van der Waals surface area contributed by atoms with Crippen LogP contribution in [-0.2, 0) is 4.79 Å². The average Bonchev–Trinajstić information content (AvgIpc) is 1.96. The van der Waals surface area contributed by atoms with E-state index in [2.05, 4.69) is 54.6 Å². The topological polar surface area (TPSA) is 17.1 Å². The predicted molar refractivity (Wildman–Crippen MR) is 70.8 cm³/mol. The van der Waals surface area contributed by atoms with Crippen LogP contribution in [-0.4, -0.2) is 13.5 Å². The van der Waals surface area contributed by atoms with Crippen molar-refractivity contribution >= 4 is 13.5 Å². The second kappa shape index (κ2) is 4.24. The third-order valence-electron chi connectivity index (χ3n) is 3.23. The highest BCUT2D eigenvalue weighted by Gasteiger charge is 2.40. The van der Waals surface area contributed by atoms with Crippen molar-refractivity contribution in [2.75, 3.05) is 0 Å². The van der Waals surface area contributed by atoms with E-state index in [1.54, 1.807) is 6.08 Å². The lowest BCUT2D eigenvalue weighted by Crippen LogP contribution is -2.45. The Morgan fingerprint density at radius 2 is 1.40 bits per heavy atom. The minimum absolute atomic E-state index is 0.0953. The summed E-state index contributed by atoms with van der Waals surface area (Å²) < 4.78 is 0. The summed E-state index contributed by atoms with van der Waals surface area (Å²) in [7, 11) is -1.83. The minimum atomic E-state index is -1.83. The van der Waals surface area contributed by atoms with E-state index in [-0.39, 0.29) is 10.5 Å². The Morgan fingerprint density at radius 1 is 1.00 bits per heavy atom. The first kappa shape index (κ1) is 14.6. The highest BCUT2D eigenvalue weighted by Crippen LogP contribution is 2.36. The molecule has 0 heterocycles. The number of hydrogen-bond acceptors (Lipinski definition) is 1. The highest BCUT2D eigenvalue weighted by molar-refractivity contribution is 7.07. The largest absolute Gasteiger partial charge is 0.301 e. The predicted octanol–water partition coefficient (Wildman–Crippen LogP) is 4.21. The first-order valence-corrected chi connectivity index (χ1v) is 8.61. The molecule has 0 unspecified atom stereocenters. The summed E-state index contributed by atoms with van der Waals surface area (Å²) in [5.74, 6) is 0. The lowest BCUT2D eigenvalue weighted by molar-refractivity contribution is -0.108. The molecule has 0 amide bonds. The van der Waals surface area contributed by atoms with E-state index in [0.29, 0.717) is 5.41 Å². The zero-order valence-electron chi connectivity index (χ0n) is 11.6. The molecule has 2 heteroatoms. The zero-order chi connectivity index (χ0) is 12.5. The van der Waals surface area contributed by atoms with Crippen molar-refractivity contribution in [3.63, 3.8) is 0 Å². The quantitative estimate of drug-likeness (QED) is 0.509. The molecule has 1 nitrogen and oxygen atoms in total. The molecule has 0 saturated carbocycles. The van der Waals surface area contributed by atoms with Crippen LogP contribution in [0.4, 0.5) is 0 Å². The Kier molecular flexibility index (Phi) is 4.14. The van der Waals surface area contributed by atoms with E-state index in [9.17, 15) is 4.79 Å². The van der Waals surface area contributed by atoms with Gasteiger partial charge in [0.1, 0.15) is 13.5 Å². The van der Waals surface area contributed by atoms with E-state index in [0.717, 1.165) is 0 Å². The molecule has 0 aromatic heterocycles. The maximum Gasteiger partial charge on any atom is 0.137 e. The summed E-state index contributed by atoms with van der Waals surface area (Å²) in [5, 5.41) is 0.483. The van der Waals surface area contributed by atoms with Crippen molar-refractivity contribution in [3.8, 4) is 0 Å². The fraction of sp³-hybridized carbons (Fsp3) is 0.769. The summed E-state index contributed by atoms with van der Waals surface area (Å²) >= 11 is 0. The van der Waals surface area contributed by atoms with E-state index >= 15 is 0 Å². The molecule has 0 bridgehead atoms. The van der Waals surface area contributed by atoms with Gasteiger partial charge in [0.2, 0.25) is 0 Å². The van der Waals surface area contributed by atoms with Crippen molar-refractivity contribution in [2.45, 2.75) is 59.7 Å². The van der Waals surface area contributed by atoms with E-state index in [1.165, 1.54) is 0 Å². The number of hydrogen-bond donors (Lipinski definition) is 0. The summed E-state index contributed by atoms with van der Waals surface area (Å²) in [6, 6.07) is 0. The molecule has 0 aliphatic rings. The normalized spacial score (nSPS) is 14.7. The third kappa shape index (κ3) is 4.33. The van der Waals surface area contributed by atoms with Gasteiger partial charge in [-0.15, -0.1) is 0 Å². The van der Waals surface area contributed by atoms with Crippen molar-refractivity contribution in [3.05, 3.63) is 12.2 Å². The Morgan fingerprint density at radius 3 is 1.67 bits per heavy atom. The van der Waals surface area contributed by atoms with Crippen LogP contribution >= 0.6 is 0 Å². The van der Waals surface area contributed by atoms with Gasteiger partial charge in [0, 0.05) is 0 Å². The number of allylic oxidation sites excluding steroid dienone is 2. The van der Waals surface area contributed by atoms with Crippen molar-refractivity contribution in [2.24, 2.45) is 5.41 Å². The maximum absolute atomic E-state index is 12.1. The SMILES string of the molecule is CC(C)(C)C=CC(=O)[Si](C)(C)C(C)(C)C. The van der Waals surface area contributed by atoms with E-state index in [1.807, 2.05) is 6.08 Å². The van der Waals surface area contributed by atoms with Crippen molar-refractivity contribution in [1.29, 1.82) is 0 Å².